The second-order valence-electron chi connectivity index (χ2n) is 4.04. The lowest BCUT2D eigenvalue weighted by Gasteiger charge is -2.19. The zero-order valence-electron chi connectivity index (χ0n) is 9.63. The molecule has 0 bridgehead atoms. The monoisotopic (exact) mass is 226 g/mol. The van der Waals surface area contributed by atoms with Crippen LogP contribution < -0.4 is 10.6 Å². The van der Waals surface area contributed by atoms with Gasteiger partial charge in [0, 0.05) is 30.8 Å². The van der Waals surface area contributed by atoms with Crippen LogP contribution in [0.3, 0.4) is 0 Å². The Morgan fingerprint density at radius 2 is 2.07 bits per heavy atom. The van der Waals surface area contributed by atoms with E-state index in [4.69, 9.17) is 17.3 Å². The van der Waals surface area contributed by atoms with Crippen molar-refractivity contribution in [3.63, 3.8) is 0 Å². The van der Waals surface area contributed by atoms with E-state index in [2.05, 4.69) is 17.9 Å². The van der Waals surface area contributed by atoms with Crippen LogP contribution in [-0.2, 0) is 6.42 Å². The van der Waals surface area contributed by atoms with Crippen LogP contribution in [0.1, 0.15) is 18.9 Å². The van der Waals surface area contributed by atoms with E-state index >= 15 is 0 Å². The summed E-state index contributed by atoms with van der Waals surface area (Å²) in [5, 5.41) is 0.771. The van der Waals surface area contributed by atoms with Crippen molar-refractivity contribution in [2.45, 2.75) is 25.8 Å². The molecule has 84 valence electrons. The molecule has 3 heteroatoms. The van der Waals surface area contributed by atoms with Gasteiger partial charge in [0.15, 0.2) is 0 Å². The van der Waals surface area contributed by atoms with E-state index in [1.165, 1.54) is 5.56 Å². The van der Waals surface area contributed by atoms with Gasteiger partial charge in [-0.2, -0.15) is 0 Å². The van der Waals surface area contributed by atoms with Gasteiger partial charge < -0.3 is 10.6 Å². The fourth-order valence-corrected chi connectivity index (χ4v) is 1.72. The number of hydrogen-bond donors (Lipinski definition) is 1. The van der Waals surface area contributed by atoms with Gasteiger partial charge in [-0.1, -0.05) is 24.6 Å². The molecule has 1 unspecified atom stereocenters. The van der Waals surface area contributed by atoms with E-state index in [-0.39, 0.29) is 6.04 Å². The van der Waals surface area contributed by atoms with Gasteiger partial charge in [-0.3, -0.25) is 0 Å². The molecule has 0 spiro atoms. The Bertz CT molecular complexity index is 323. The van der Waals surface area contributed by atoms with Crippen LogP contribution in [0.5, 0.6) is 0 Å². The van der Waals surface area contributed by atoms with Crippen LogP contribution in [0, 0.1) is 0 Å². The first-order chi connectivity index (χ1) is 7.04. The van der Waals surface area contributed by atoms with E-state index in [0.29, 0.717) is 0 Å². The van der Waals surface area contributed by atoms with Crippen LogP contribution >= 0.6 is 11.6 Å². The van der Waals surface area contributed by atoms with Gasteiger partial charge in [0.25, 0.3) is 0 Å². The fourth-order valence-electron chi connectivity index (χ4n) is 1.55. The van der Waals surface area contributed by atoms with Gasteiger partial charge in [0.1, 0.15) is 0 Å². The number of nitrogens with zero attached hydrogens (tertiary/aromatic N) is 1. The second-order valence-corrected chi connectivity index (χ2v) is 4.48. The molecule has 1 atom stereocenters. The SMILES string of the molecule is CCC(N)Cc1ccc(Cl)cc1N(C)C. The summed E-state index contributed by atoms with van der Waals surface area (Å²) in [5.74, 6) is 0. The quantitative estimate of drug-likeness (QED) is 0.856. The van der Waals surface area contributed by atoms with Crippen molar-refractivity contribution < 1.29 is 0 Å². The molecule has 15 heavy (non-hydrogen) atoms. The zero-order chi connectivity index (χ0) is 11.4. The minimum absolute atomic E-state index is 0.227. The molecular weight excluding hydrogens is 208 g/mol. The summed E-state index contributed by atoms with van der Waals surface area (Å²) in [5.41, 5.74) is 8.38. The number of halogens is 1. The highest BCUT2D eigenvalue weighted by Crippen LogP contribution is 2.24. The van der Waals surface area contributed by atoms with Crippen LogP contribution in [0.15, 0.2) is 18.2 Å². The lowest BCUT2D eigenvalue weighted by atomic mass is 10.0. The molecule has 0 aromatic heterocycles. The minimum Gasteiger partial charge on any atom is -0.377 e. The average Bonchev–Trinajstić information content (AvgIpc) is 2.20. The lowest BCUT2D eigenvalue weighted by Crippen LogP contribution is -2.23. The largest absolute Gasteiger partial charge is 0.377 e. The molecule has 0 aliphatic rings. The summed E-state index contributed by atoms with van der Waals surface area (Å²) in [7, 11) is 4.04. The summed E-state index contributed by atoms with van der Waals surface area (Å²) in [6.45, 7) is 2.11. The number of hydrogen-bond acceptors (Lipinski definition) is 2. The van der Waals surface area contributed by atoms with E-state index < -0.39 is 0 Å². The van der Waals surface area contributed by atoms with E-state index in [1.807, 2.05) is 26.2 Å². The Hall–Kier alpha value is -0.730. The first kappa shape index (κ1) is 12.3. The fraction of sp³-hybridized carbons (Fsp3) is 0.500. The van der Waals surface area contributed by atoms with Crippen LogP contribution in [0.4, 0.5) is 5.69 Å². The highest BCUT2D eigenvalue weighted by molar-refractivity contribution is 6.30. The van der Waals surface area contributed by atoms with Gasteiger partial charge in [-0.25, -0.2) is 0 Å². The van der Waals surface area contributed by atoms with Crippen molar-refractivity contribution >= 4 is 17.3 Å². The molecule has 2 N–H and O–H groups in total. The Labute approximate surface area is 97.0 Å². The highest BCUT2D eigenvalue weighted by Gasteiger charge is 2.08. The summed E-state index contributed by atoms with van der Waals surface area (Å²) >= 11 is 5.97. The van der Waals surface area contributed by atoms with Crippen molar-refractivity contribution in [1.82, 2.24) is 0 Å². The van der Waals surface area contributed by atoms with Gasteiger partial charge in [0.2, 0.25) is 0 Å². The molecule has 0 aliphatic carbocycles. The molecule has 0 radical (unpaired) electrons. The number of benzene rings is 1. The van der Waals surface area contributed by atoms with Gasteiger partial charge in [0.05, 0.1) is 0 Å². The van der Waals surface area contributed by atoms with Crippen molar-refractivity contribution in [3.8, 4) is 0 Å². The minimum atomic E-state index is 0.227. The maximum Gasteiger partial charge on any atom is 0.0426 e. The standard InChI is InChI=1S/C12H19ClN2/c1-4-11(14)7-9-5-6-10(13)8-12(9)15(2)3/h5-6,8,11H,4,7,14H2,1-3H3. The van der Waals surface area contributed by atoms with Crippen LogP contribution in [0.25, 0.3) is 0 Å². The van der Waals surface area contributed by atoms with Crippen molar-refractivity contribution in [2.75, 3.05) is 19.0 Å². The molecule has 0 aliphatic heterocycles. The predicted octanol–water partition coefficient (Wildman–Crippen LogP) is 2.69. The van der Waals surface area contributed by atoms with Crippen LogP contribution in [0.2, 0.25) is 5.02 Å². The first-order valence-electron chi connectivity index (χ1n) is 5.26. The summed E-state index contributed by atoms with van der Waals surface area (Å²) < 4.78 is 0. The molecule has 1 aromatic carbocycles. The molecule has 1 rings (SSSR count). The molecular formula is C12H19ClN2. The smallest absolute Gasteiger partial charge is 0.0426 e. The van der Waals surface area contributed by atoms with Gasteiger partial charge in [-0.05, 0) is 30.5 Å². The zero-order valence-corrected chi connectivity index (χ0v) is 10.4. The van der Waals surface area contributed by atoms with Gasteiger partial charge >= 0.3 is 0 Å². The van der Waals surface area contributed by atoms with Crippen molar-refractivity contribution in [2.24, 2.45) is 5.73 Å². The normalized spacial score (nSPS) is 12.6. The number of anilines is 1. The summed E-state index contributed by atoms with van der Waals surface area (Å²) in [4.78, 5) is 2.07. The lowest BCUT2D eigenvalue weighted by molar-refractivity contribution is 0.646. The molecule has 2 nitrogen and oxygen atoms in total. The van der Waals surface area contributed by atoms with Crippen LogP contribution in [-0.4, -0.2) is 20.1 Å². The van der Waals surface area contributed by atoms with E-state index in [9.17, 15) is 0 Å². The summed E-state index contributed by atoms with van der Waals surface area (Å²) in [6.07, 6.45) is 1.90. The Balaban J connectivity index is 2.95. The molecule has 0 saturated heterocycles. The van der Waals surface area contributed by atoms with Gasteiger partial charge in [-0.15, -0.1) is 0 Å². The maximum atomic E-state index is 5.97. The highest BCUT2D eigenvalue weighted by atomic mass is 35.5. The Morgan fingerprint density at radius 1 is 1.40 bits per heavy atom. The third-order valence-electron chi connectivity index (χ3n) is 2.54. The topological polar surface area (TPSA) is 29.3 Å². The number of nitrogens with two attached hydrogens (primary N) is 1. The second kappa shape index (κ2) is 5.38. The van der Waals surface area contributed by atoms with Crippen molar-refractivity contribution in [1.29, 1.82) is 0 Å². The summed E-state index contributed by atoms with van der Waals surface area (Å²) in [6, 6.07) is 6.20. The Morgan fingerprint density at radius 3 is 2.60 bits per heavy atom. The molecule has 1 aromatic rings. The van der Waals surface area contributed by atoms with Crippen molar-refractivity contribution in [3.05, 3.63) is 28.8 Å². The maximum absolute atomic E-state index is 5.97. The molecule has 0 heterocycles. The molecule has 0 saturated carbocycles. The third-order valence-corrected chi connectivity index (χ3v) is 2.77. The third kappa shape index (κ3) is 3.40. The predicted molar refractivity (Wildman–Crippen MR) is 67.7 cm³/mol. The molecule has 0 fully saturated rings. The average molecular weight is 227 g/mol. The first-order valence-corrected chi connectivity index (χ1v) is 5.63. The number of rotatable bonds is 4. The molecule has 0 amide bonds. The van der Waals surface area contributed by atoms with E-state index in [1.54, 1.807) is 0 Å². The Kier molecular flexibility index (Phi) is 4.43. The van der Waals surface area contributed by atoms with E-state index in [0.717, 1.165) is 23.6 Å².